The number of thiophene rings is 2. The van der Waals surface area contributed by atoms with Gasteiger partial charge in [0.2, 0.25) is 0 Å². The van der Waals surface area contributed by atoms with Crippen molar-refractivity contribution < 1.29 is 0 Å². The lowest BCUT2D eigenvalue weighted by Gasteiger charge is -2.30. The quantitative estimate of drug-likeness (QED) is 0.522. The van der Waals surface area contributed by atoms with Crippen LogP contribution in [-0.2, 0) is 6.67 Å². The van der Waals surface area contributed by atoms with Gasteiger partial charge in [-0.25, -0.2) is 4.68 Å². The van der Waals surface area contributed by atoms with Crippen LogP contribution in [0.25, 0.3) is 10.7 Å². The molecule has 7 heteroatoms. The van der Waals surface area contributed by atoms with E-state index < -0.39 is 0 Å². The molecule has 1 aliphatic rings. The molecule has 3 heterocycles. The van der Waals surface area contributed by atoms with Gasteiger partial charge in [0.25, 0.3) is 0 Å². The topological polar surface area (TPSA) is 34.8 Å². The van der Waals surface area contributed by atoms with E-state index in [1.807, 2.05) is 4.68 Å². The number of rotatable bonds is 6. The molecule has 0 aliphatic heterocycles. The third-order valence-corrected chi connectivity index (χ3v) is 6.87. The highest BCUT2D eigenvalue weighted by Crippen LogP contribution is 2.39. The monoisotopic (exact) mass is 404 g/mol. The van der Waals surface area contributed by atoms with Crippen molar-refractivity contribution in [3.8, 4) is 10.7 Å². The fraction of sp³-hybridized carbons (Fsp3) is 0.474. The molecule has 0 spiro atoms. The summed E-state index contributed by atoms with van der Waals surface area (Å²) in [6.45, 7) is 7.42. The molecule has 1 atom stereocenters. The van der Waals surface area contributed by atoms with E-state index in [1.54, 1.807) is 22.7 Å². The SMILES string of the molecule is CC(C)(C)[C@@H](NCn1nc(-c2cccs2)n(C2CC2)c1=S)c1cccs1. The minimum atomic E-state index is 0.114. The third-order valence-electron chi connectivity index (χ3n) is 4.66. The van der Waals surface area contributed by atoms with E-state index in [1.165, 1.54) is 22.6 Å². The predicted octanol–water partition coefficient (Wildman–Crippen LogP) is 5.87. The highest BCUT2D eigenvalue weighted by Gasteiger charge is 2.30. The number of hydrogen-bond donors (Lipinski definition) is 1. The van der Waals surface area contributed by atoms with Gasteiger partial charge in [0, 0.05) is 17.0 Å². The van der Waals surface area contributed by atoms with Gasteiger partial charge in [-0.15, -0.1) is 27.8 Å². The third kappa shape index (κ3) is 3.58. The van der Waals surface area contributed by atoms with Crippen molar-refractivity contribution >= 4 is 34.9 Å². The fourth-order valence-corrected chi connectivity index (χ4v) is 5.32. The lowest BCUT2D eigenvalue weighted by Crippen LogP contribution is -2.33. The first-order valence-electron chi connectivity index (χ1n) is 8.95. The molecular weight excluding hydrogens is 380 g/mol. The van der Waals surface area contributed by atoms with Crippen LogP contribution in [0, 0.1) is 10.2 Å². The molecule has 4 nitrogen and oxygen atoms in total. The molecule has 0 saturated heterocycles. The second-order valence-electron chi connectivity index (χ2n) is 7.86. The van der Waals surface area contributed by atoms with E-state index in [2.05, 4.69) is 65.7 Å². The Morgan fingerprint density at radius 1 is 1.23 bits per heavy atom. The van der Waals surface area contributed by atoms with Crippen LogP contribution >= 0.6 is 34.9 Å². The number of nitrogens with one attached hydrogen (secondary N) is 1. The standard InChI is InChI=1S/C19H24N4S3/c1-19(2,3)16(14-6-4-10-25-14)20-12-22-18(24)23(13-8-9-13)17(21-22)15-7-5-11-26-15/h4-7,10-11,13,16,20H,8-9,12H2,1-3H3/t16-/m0/s1. The molecule has 0 aromatic carbocycles. The van der Waals surface area contributed by atoms with Gasteiger partial charge in [-0.3, -0.25) is 9.88 Å². The molecule has 0 unspecified atom stereocenters. The first-order valence-corrected chi connectivity index (χ1v) is 11.1. The fourth-order valence-electron chi connectivity index (χ4n) is 3.23. The Labute approximate surface area is 167 Å². The average molecular weight is 405 g/mol. The lowest BCUT2D eigenvalue weighted by atomic mass is 9.86. The molecule has 1 fully saturated rings. The molecule has 4 rings (SSSR count). The van der Waals surface area contributed by atoms with Crippen molar-refractivity contribution in [2.45, 2.75) is 52.4 Å². The highest BCUT2D eigenvalue weighted by atomic mass is 32.1. The van der Waals surface area contributed by atoms with Crippen molar-refractivity contribution in [1.29, 1.82) is 0 Å². The summed E-state index contributed by atoms with van der Waals surface area (Å²) in [6.07, 6.45) is 2.40. The average Bonchev–Trinajstić information content (AvgIpc) is 3.02. The van der Waals surface area contributed by atoms with E-state index in [0.717, 1.165) is 10.6 Å². The Kier molecular flexibility index (Phi) is 4.90. The molecule has 1 aliphatic carbocycles. The maximum absolute atomic E-state index is 5.78. The summed E-state index contributed by atoms with van der Waals surface area (Å²) in [6, 6.07) is 9.30. The van der Waals surface area contributed by atoms with Gasteiger partial charge in [0.05, 0.1) is 11.5 Å². The van der Waals surface area contributed by atoms with Crippen molar-refractivity contribution in [3.05, 3.63) is 44.7 Å². The molecule has 26 heavy (non-hydrogen) atoms. The van der Waals surface area contributed by atoms with E-state index in [4.69, 9.17) is 17.3 Å². The summed E-state index contributed by atoms with van der Waals surface area (Å²) in [4.78, 5) is 2.54. The van der Waals surface area contributed by atoms with Crippen LogP contribution in [0.5, 0.6) is 0 Å². The maximum Gasteiger partial charge on any atom is 0.199 e. The second-order valence-corrected chi connectivity index (χ2v) is 10.2. The summed E-state index contributed by atoms with van der Waals surface area (Å²) in [5, 5.41) is 12.8. The second kappa shape index (κ2) is 7.03. The zero-order valence-electron chi connectivity index (χ0n) is 15.3. The zero-order valence-corrected chi connectivity index (χ0v) is 17.8. The molecule has 138 valence electrons. The molecule has 1 N–H and O–H groups in total. The first-order chi connectivity index (χ1) is 12.4. The van der Waals surface area contributed by atoms with Crippen LogP contribution in [-0.4, -0.2) is 14.3 Å². The summed E-state index contributed by atoms with van der Waals surface area (Å²) >= 11 is 9.30. The van der Waals surface area contributed by atoms with Crippen molar-refractivity contribution in [1.82, 2.24) is 19.7 Å². The molecule has 1 saturated carbocycles. The minimum absolute atomic E-state index is 0.114. The summed E-state index contributed by atoms with van der Waals surface area (Å²) in [5.74, 6) is 1.01. The molecular formula is C19H24N4S3. The van der Waals surface area contributed by atoms with Gasteiger partial charge in [-0.2, -0.15) is 0 Å². The van der Waals surface area contributed by atoms with Gasteiger partial charge in [-0.1, -0.05) is 32.9 Å². The zero-order chi connectivity index (χ0) is 18.3. The van der Waals surface area contributed by atoms with E-state index in [9.17, 15) is 0 Å². The van der Waals surface area contributed by atoms with Gasteiger partial charge < -0.3 is 0 Å². The van der Waals surface area contributed by atoms with Crippen LogP contribution in [0.15, 0.2) is 35.0 Å². The largest absolute Gasteiger partial charge is 0.296 e. The van der Waals surface area contributed by atoms with Gasteiger partial charge in [0.1, 0.15) is 0 Å². The van der Waals surface area contributed by atoms with Gasteiger partial charge >= 0.3 is 0 Å². The summed E-state index contributed by atoms with van der Waals surface area (Å²) < 4.78 is 5.03. The first kappa shape index (κ1) is 18.1. The van der Waals surface area contributed by atoms with E-state index in [0.29, 0.717) is 12.7 Å². The van der Waals surface area contributed by atoms with Crippen LogP contribution in [0.2, 0.25) is 0 Å². The van der Waals surface area contributed by atoms with Crippen LogP contribution in [0.4, 0.5) is 0 Å². The van der Waals surface area contributed by atoms with Crippen LogP contribution in [0.3, 0.4) is 0 Å². The van der Waals surface area contributed by atoms with Gasteiger partial charge in [-0.05, 0) is 53.4 Å². The molecule has 3 aromatic heterocycles. The molecule has 0 bridgehead atoms. The predicted molar refractivity (Wildman–Crippen MR) is 112 cm³/mol. The Hall–Kier alpha value is -1.28. The Bertz CT molecular complexity index is 909. The molecule has 0 radical (unpaired) electrons. The van der Waals surface area contributed by atoms with Crippen molar-refractivity contribution in [3.63, 3.8) is 0 Å². The van der Waals surface area contributed by atoms with Gasteiger partial charge in [0.15, 0.2) is 10.6 Å². The number of nitrogens with zero attached hydrogens (tertiary/aromatic N) is 3. The van der Waals surface area contributed by atoms with E-state index >= 15 is 0 Å². The Morgan fingerprint density at radius 3 is 2.54 bits per heavy atom. The maximum atomic E-state index is 5.78. The normalized spacial score (nSPS) is 16.1. The lowest BCUT2D eigenvalue weighted by molar-refractivity contribution is 0.255. The minimum Gasteiger partial charge on any atom is -0.296 e. The Morgan fingerprint density at radius 2 is 1.96 bits per heavy atom. The van der Waals surface area contributed by atoms with Crippen LogP contribution in [0.1, 0.15) is 50.6 Å². The van der Waals surface area contributed by atoms with Crippen molar-refractivity contribution in [2.24, 2.45) is 5.41 Å². The van der Waals surface area contributed by atoms with Crippen LogP contribution < -0.4 is 5.32 Å². The smallest absolute Gasteiger partial charge is 0.199 e. The molecule has 3 aromatic rings. The van der Waals surface area contributed by atoms with Crippen molar-refractivity contribution in [2.75, 3.05) is 0 Å². The highest BCUT2D eigenvalue weighted by molar-refractivity contribution is 7.71. The molecule has 0 amide bonds. The Balaban J connectivity index is 1.62. The summed E-state index contributed by atoms with van der Waals surface area (Å²) in [7, 11) is 0. The summed E-state index contributed by atoms with van der Waals surface area (Å²) in [5.41, 5.74) is 0.114. The van der Waals surface area contributed by atoms with E-state index in [-0.39, 0.29) is 11.5 Å². The number of hydrogen-bond acceptors (Lipinski definition) is 5. The number of aromatic nitrogens is 3.